The number of hydrogen-bond donors (Lipinski definition) is 9. The smallest absolute Gasteiger partial charge is 0.410 e. The van der Waals surface area contributed by atoms with Crippen molar-refractivity contribution in [2.75, 3.05) is 104 Å². The lowest BCUT2D eigenvalue weighted by molar-refractivity contribution is -0.138. The number of carbonyl (C=O) groups is 3. The summed E-state index contributed by atoms with van der Waals surface area (Å²) in [5.74, 6) is -9.71. The minimum absolute atomic E-state index is 0.00437. The van der Waals surface area contributed by atoms with Crippen LogP contribution in [-0.2, 0) is 53.9 Å². The summed E-state index contributed by atoms with van der Waals surface area (Å²) < 4.78 is 190. The minimum atomic E-state index is -4.55. The van der Waals surface area contributed by atoms with Gasteiger partial charge in [0.05, 0.1) is 26.4 Å². The third kappa shape index (κ3) is 31.1. The molecule has 0 aliphatic carbocycles. The zero-order chi connectivity index (χ0) is 79.7. The number of hydrogen-bond acceptors (Lipinski definition) is 21. The van der Waals surface area contributed by atoms with E-state index in [2.05, 4.69) is 36.2 Å². The van der Waals surface area contributed by atoms with E-state index in [9.17, 15) is 70.4 Å². The van der Waals surface area contributed by atoms with E-state index in [4.69, 9.17) is 70.7 Å². The fourth-order valence-electron chi connectivity index (χ4n) is 9.82. The number of benzene rings is 3. The molecule has 40 heteroatoms. The SMILES string of the molecule is CC(C)(C)OC(=O)N1CCC[C@H]1CN.COCN(c1cccc(F)n1)S(=O)(=O)c1cc(Cl)c(F)cc1F.COCN(c1cccc(F)n1)S(=O)(=O)c1cc(Cl)c(NCCCCC(=O)O)cc1F.NCCCCC(=O)O.O=S(=O)(Nc1cccc(F)n1)c1cc(Cl)c(NCCCCCNC[C@@H]2CCCN2)cc1F. The molecule has 5 heterocycles. The number of aliphatic carboxylic acids is 2. The summed E-state index contributed by atoms with van der Waals surface area (Å²) in [6.07, 6.45) is 9.85. The predicted octanol–water partition coefficient (Wildman–Crippen LogP) is 11.7. The van der Waals surface area contributed by atoms with Gasteiger partial charge in [-0.15, -0.1) is 0 Å². The molecule has 2 fully saturated rings. The summed E-state index contributed by atoms with van der Waals surface area (Å²) in [5.41, 5.74) is 10.8. The molecule has 3 aromatic heterocycles. The first-order chi connectivity index (χ1) is 50.5. The second-order valence-corrected chi connectivity index (χ2v) is 31.0. The third-order valence-corrected chi connectivity index (χ3v) is 20.7. The number of nitrogens with two attached hydrogens (primary N) is 2. The molecule has 27 nitrogen and oxygen atoms in total. The van der Waals surface area contributed by atoms with Crippen molar-refractivity contribution in [3.63, 3.8) is 0 Å². The van der Waals surface area contributed by atoms with E-state index in [1.165, 1.54) is 63.5 Å². The number of pyridine rings is 3. The zero-order valence-corrected chi connectivity index (χ0v) is 63.9. The van der Waals surface area contributed by atoms with Gasteiger partial charge in [-0.1, -0.05) is 59.4 Å². The van der Waals surface area contributed by atoms with Gasteiger partial charge in [-0.05, 0) is 171 Å². The van der Waals surface area contributed by atoms with Crippen LogP contribution in [0.5, 0.6) is 0 Å². The molecule has 2 aliphatic rings. The lowest BCUT2D eigenvalue weighted by atomic mass is 10.2. The molecular formula is C67H89Cl3F7N13O14S3. The summed E-state index contributed by atoms with van der Waals surface area (Å²) in [5, 5.41) is 28.9. The molecule has 0 spiro atoms. The predicted molar refractivity (Wildman–Crippen MR) is 392 cm³/mol. The van der Waals surface area contributed by atoms with Crippen LogP contribution < -0.4 is 46.1 Å². The summed E-state index contributed by atoms with van der Waals surface area (Å²) in [6.45, 7) is 10.4. The highest BCUT2D eigenvalue weighted by Gasteiger charge is 2.34. The van der Waals surface area contributed by atoms with Gasteiger partial charge in [-0.3, -0.25) is 14.3 Å². The fourth-order valence-corrected chi connectivity index (χ4v) is 14.5. The van der Waals surface area contributed by atoms with Gasteiger partial charge in [0.2, 0.25) is 17.8 Å². The third-order valence-electron chi connectivity index (χ3n) is 15.0. The highest BCUT2D eigenvalue weighted by molar-refractivity contribution is 7.93. The highest BCUT2D eigenvalue weighted by Crippen LogP contribution is 2.34. The van der Waals surface area contributed by atoms with E-state index in [-0.39, 0.29) is 58.2 Å². The monoisotopic (exact) mass is 1630 g/mol. The van der Waals surface area contributed by atoms with E-state index in [0.29, 0.717) is 77.9 Å². The maximum absolute atomic E-state index is 14.7. The van der Waals surface area contributed by atoms with Crippen molar-refractivity contribution in [2.24, 2.45) is 11.5 Å². The van der Waals surface area contributed by atoms with E-state index in [1.54, 1.807) is 4.90 Å². The van der Waals surface area contributed by atoms with E-state index in [1.807, 2.05) is 25.5 Å². The number of nitrogens with one attached hydrogen (secondary N) is 5. The van der Waals surface area contributed by atoms with Gasteiger partial charge in [-0.25, -0.2) is 71.2 Å². The molecule has 0 radical (unpaired) electrons. The Bertz CT molecular complexity index is 4210. The molecule has 6 aromatic rings. The number of rotatable bonds is 33. The Morgan fingerprint density at radius 3 is 1.56 bits per heavy atom. The van der Waals surface area contributed by atoms with Crippen LogP contribution in [0.15, 0.2) is 106 Å². The molecule has 1 amide bonds. The molecule has 8 rings (SSSR count). The van der Waals surface area contributed by atoms with Crippen LogP contribution in [-0.4, -0.2) is 171 Å². The fraction of sp³-hybridized carbons (Fsp3) is 0.463. The highest BCUT2D eigenvalue weighted by atomic mass is 35.5. The first-order valence-corrected chi connectivity index (χ1v) is 38.8. The average molecular weight is 1640 g/mol. The van der Waals surface area contributed by atoms with Crippen molar-refractivity contribution in [3.05, 3.63) is 147 Å². The number of carbonyl (C=O) groups excluding carboxylic acids is 1. The van der Waals surface area contributed by atoms with Crippen LogP contribution >= 0.6 is 34.8 Å². The van der Waals surface area contributed by atoms with Crippen LogP contribution in [0.25, 0.3) is 0 Å². The Morgan fingerprint density at radius 2 is 1.08 bits per heavy atom. The number of carboxylic acids is 2. The Balaban J connectivity index is 0.000000300. The van der Waals surface area contributed by atoms with Gasteiger partial charge in [0, 0.05) is 77.9 Å². The number of aromatic nitrogens is 3. The molecule has 0 unspecified atom stereocenters. The van der Waals surface area contributed by atoms with Gasteiger partial charge in [0.1, 0.15) is 74.5 Å². The first-order valence-electron chi connectivity index (χ1n) is 33.3. The summed E-state index contributed by atoms with van der Waals surface area (Å²) in [7, 11) is -11.0. The molecular weight excluding hydrogens is 1550 g/mol. The molecule has 11 N–H and O–H groups in total. The second kappa shape index (κ2) is 45.3. The van der Waals surface area contributed by atoms with E-state index >= 15 is 0 Å². The van der Waals surface area contributed by atoms with Crippen LogP contribution in [0, 0.1) is 41.1 Å². The summed E-state index contributed by atoms with van der Waals surface area (Å²) in [6, 6.07) is 16.3. The van der Waals surface area contributed by atoms with Gasteiger partial charge < -0.3 is 62.1 Å². The number of carboxylic acid groups (broad SMARTS) is 2. The summed E-state index contributed by atoms with van der Waals surface area (Å²) >= 11 is 17.8. The second-order valence-electron chi connectivity index (χ2n) is 24.5. The normalized spacial score (nSPS) is 14.2. The Labute approximate surface area is 632 Å². The number of methoxy groups -OCH3 is 2. The topological polar surface area (TPSA) is 382 Å². The standard InChI is InChI=1S/C21H28ClF2N5O2S.C18H20ClF2N3O5S.C13H10ClF3N2O3S.C10H20N2O2.C5H11NO2/c22-16-12-19(32(30,31)29-21-8-4-7-20(24)28-21)17(23)13-18(16)27-10-3-1-2-9-25-14-15-6-5-11-26-15;1-29-11-24(17-6-4-5-16(21)23-17)30(27,28)15-9-12(19)14(10-13(15)20)22-8-3-2-7-18(25)26;1-22-7-19(13-4-2-3-12(17)18-13)23(20,21)11-5-8(14)9(15)6-10(11)16;1-10(2,3)14-9(13)12-6-4-5-8(12)7-11;6-4-2-1-3-5(7)8/h4,7-8,12-13,15,25-27H,1-3,5-6,9-11,14H2,(H,28,29);4-6,9-10,22H,2-3,7-8,11H2,1H3,(H,25,26);2-6H,7H2,1H3;8H,4-7,11H2,1-3H3;1-4,6H2,(H,7,8)/t15-;;;8-;/m0..0./s1. The van der Waals surface area contributed by atoms with Crippen LogP contribution in [0.2, 0.25) is 15.1 Å². The molecule has 107 heavy (non-hydrogen) atoms. The molecule has 2 aliphatic heterocycles. The number of halogens is 10. The zero-order valence-electron chi connectivity index (χ0n) is 59.2. The minimum Gasteiger partial charge on any atom is -0.481 e. The van der Waals surface area contributed by atoms with Crippen molar-refractivity contribution >= 4 is 112 Å². The molecule has 2 atom stereocenters. The van der Waals surface area contributed by atoms with Crippen molar-refractivity contribution in [2.45, 2.75) is 137 Å². The number of likely N-dealkylation sites (tertiary alicyclic amines) is 1. The van der Waals surface area contributed by atoms with Gasteiger partial charge in [0.25, 0.3) is 30.1 Å². The van der Waals surface area contributed by atoms with Gasteiger partial charge in [-0.2, -0.15) is 13.2 Å². The maximum Gasteiger partial charge on any atom is 0.410 e. The molecule has 2 saturated heterocycles. The number of unbranched alkanes of at least 4 members (excludes halogenated alkanes) is 4. The summed E-state index contributed by atoms with van der Waals surface area (Å²) in [4.78, 5) is 41.9. The number of nitrogens with zero attached hydrogens (tertiary/aromatic N) is 6. The van der Waals surface area contributed by atoms with Crippen molar-refractivity contribution < 1.29 is 94.8 Å². The number of anilines is 5. The van der Waals surface area contributed by atoms with E-state index in [0.717, 1.165) is 107 Å². The van der Waals surface area contributed by atoms with Crippen molar-refractivity contribution in [1.82, 2.24) is 30.5 Å². The molecule has 0 bridgehead atoms. The lowest BCUT2D eigenvalue weighted by Crippen LogP contribution is -2.42. The molecule has 3 aromatic carbocycles. The molecule has 594 valence electrons. The Kier molecular flexibility index (Phi) is 38.8. The van der Waals surface area contributed by atoms with Crippen LogP contribution in [0.1, 0.15) is 104 Å². The average Bonchev–Trinajstić information content (AvgIpc) is 1.31. The maximum atomic E-state index is 14.7. The number of ether oxygens (including phenoxy) is 3. The Hall–Kier alpha value is -7.69. The molecule has 0 saturated carbocycles. The van der Waals surface area contributed by atoms with Crippen LogP contribution in [0.3, 0.4) is 0 Å². The lowest BCUT2D eigenvalue weighted by Gasteiger charge is -2.27. The van der Waals surface area contributed by atoms with Crippen molar-refractivity contribution in [1.29, 1.82) is 0 Å². The van der Waals surface area contributed by atoms with Gasteiger partial charge in [0.15, 0.2) is 0 Å². The Morgan fingerprint density at radius 1 is 0.607 bits per heavy atom. The largest absolute Gasteiger partial charge is 0.481 e. The number of sulfonamides is 3. The van der Waals surface area contributed by atoms with Gasteiger partial charge >= 0.3 is 18.0 Å². The first kappa shape index (κ1) is 91.7. The number of amides is 1. The van der Waals surface area contributed by atoms with E-state index < -0.39 is 122 Å². The quantitative estimate of drug-likeness (QED) is 0.00607. The van der Waals surface area contributed by atoms with Crippen LogP contribution in [0.4, 0.5) is 64.4 Å². The van der Waals surface area contributed by atoms with Crippen molar-refractivity contribution in [3.8, 4) is 0 Å².